The summed E-state index contributed by atoms with van der Waals surface area (Å²) >= 11 is 0. The number of carbonyl (C=O) groups is 1. The molecule has 6 nitrogen and oxygen atoms in total. The van der Waals surface area contributed by atoms with Crippen molar-refractivity contribution in [3.8, 4) is 0 Å². The van der Waals surface area contributed by atoms with Crippen LogP contribution in [0.25, 0.3) is 0 Å². The van der Waals surface area contributed by atoms with Gasteiger partial charge in [-0.3, -0.25) is 4.79 Å². The van der Waals surface area contributed by atoms with Gasteiger partial charge < -0.3 is 24.1 Å². The average Bonchev–Trinajstić information content (AvgIpc) is 3.02. The summed E-state index contributed by atoms with van der Waals surface area (Å²) in [7, 11) is 0. The van der Waals surface area contributed by atoms with E-state index in [-0.39, 0.29) is 6.61 Å². The second-order valence-corrected chi connectivity index (χ2v) is 6.36. The molecule has 3 rings (SSSR count). The number of rotatable bonds is 8. The molecule has 0 radical (unpaired) electrons. The highest BCUT2D eigenvalue weighted by atomic mass is 16.7. The van der Waals surface area contributed by atoms with Crippen molar-refractivity contribution < 1.29 is 28.8 Å². The Kier molecular flexibility index (Phi) is 6.95. The predicted octanol–water partition coefficient (Wildman–Crippen LogP) is 2.44. The van der Waals surface area contributed by atoms with E-state index in [1.54, 1.807) is 0 Å². The van der Waals surface area contributed by atoms with Crippen molar-refractivity contribution in [3.05, 3.63) is 71.8 Å². The van der Waals surface area contributed by atoms with Crippen LogP contribution in [0.4, 0.5) is 0 Å². The first-order valence-corrected chi connectivity index (χ1v) is 8.92. The fourth-order valence-electron chi connectivity index (χ4n) is 3.01. The maximum atomic E-state index is 11.6. The molecule has 0 aliphatic carbocycles. The summed E-state index contributed by atoms with van der Waals surface area (Å²) in [6.45, 7) is 1.68. The van der Waals surface area contributed by atoms with Gasteiger partial charge in [0.1, 0.15) is 12.2 Å². The van der Waals surface area contributed by atoms with Crippen LogP contribution in [0.15, 0.2) is 60.7 Å². The smallest absolute Gasteiger partial charge is 0.303 e. The molecule has 4 atom stereocenters. The Morgan fingerprint density at radius 2 is 1.48 bits per heavy atom. The summed E-state index contributed by atoms with van der Waals surface area (Å²) in [4.78, 5) is 11.6. The van der Waals surface area contributed by atoms with Crippen LogP contribution in [0.3, 0.4) is 0 Å². The Hall–Kier alpha value is -2.25. The molecule has 1 fully saturated rings. The lowest BCUT2D eigenvalue weighted by Crippen LogP contribution is -2.40. The Morgan fingerprint density at radius 1 is 0.926 bits per heavy atom. The van der Waals surface area contributed by atoms with Gasteiger partial charge in [0.2, 0.25) is 0 Å². The minimum Gasteiger partial charge on any atom is -0.454 e. The summed E-state index contributed by atoms with van der Waals surface area (Å²) in [6.07, 6.45) is -2.84. The average molecular weight is 372 g/mol. The number of hydrogen-bond donors (Lipinski definition) is 1. The molecule has 1 unspecified atom stereocenters. The van der Waals surface area contributed by atoms with Crippen LogP contribution in [0.1, 0.15) is 18.1 Å². The van der Waals surface area contributed by atoms with E-state index in [9.17, 15) is 9.90 Å². The predicted molar refractivity (Wildman–Crippen MR) is 97.6 cm³/mol. The molecule has 1 heterocycles. The molecule has 2 aromatic carbocycles. The number of esters is 1. The number of aliphatic hydroxyl groups excluding tert-OH is 1. The molecule has 0 aromatic heterocycles. The molecule has 0 saturated carbocycles. The van der Waals surface area contributed by atoms with Crippen LogP contribution < -0.4 is 0 Å². The van der Waals surface area contributed by atoms with Crippen LogP contribution >= 0.6 is 0 Å². The number of ether oxygens (including phenoxy) is 4. The van der Waals surface area contributed by atoms with Crippen molar-refractivity contribution in [2.45, 2.75) is 44.7 Å². The molecule has 6 heteroatoms. The van der Waals surface area contributed by atoms with Crippen LogP contribution in [0.5, 0.6) is 0 Å². The Bertz CT molecular complexity index is 705. The number of carbonyl (C=O) groups excluding carboxylic acids is 1. The van der Waals surface area contributed by atoms with Gasteiger partial charge in [0, 0.05) is 6.92 Å². The van der Waals surface area contributed by atoms with Gasteiger partial charge in [0.25, 0.3) is 0 Å². The lowest BCUT2D eigenvalue weighted by molar-refractivity contribution is -0.192. The van der Waals surface area contributed by atoms with Crippen molar-refractivity contribution >= 4 is 5.97 Å². The van der Waals surface area contributed by atoms with E-state index < -0.39 is 30.6 Å². The zero-order chi connectivity index (χ0) is 19.1. The first-order chi connectivity index (χ1) is 13.2. The van der Waals surface area contributed by atoms with Gasteiger partial charge in [0.15, 0.2) is 12.4 Å². The van der Waals surface area contributed by atoms with E-state index >= 15 is 0 Å². The molecule has 0 amide bonds. The quantitative estimate of drug-likeness (QED) is 0.718. The number of aliphatic hydroxyl groups is 1. The molecule has 1 saturated heterocycles. The Morgan fingerprint density at radius 3 is 2.00 bits per heavy atom. The van der Waals surface area contributed by atoms with Crippen molar-refractivity contribution in [3.63, 3.8) is 0 Å². The molecule has 2 aromatic rings. The standard InChI is InChI=1S/C21H24O6/c1-15(23)26-20-19(24-13-16-8-4-2-5-9-16)18(12-22)27-21(20)25-14-17-10-6-3-7-11-17/h2-11,18-22H,12-14H2,1H3/t18-,19?,20+,21-/m1/s1. The van der Waals surface area contributed by atoms with Crippen LogP contribution in [0.2, 0.25) is 0 Å². The monoisotopic (exact) mass is 372 g/mol. The largest absolute Gasteiger partial charge is 0.454 e. The van der Waals surface area contributed by atoms with E-state index in [0.29, 0.717) is 13.2 Å². The topological polar surface area (TPSA) is 74.2 Å². The highest BCUT2D eigenvalue weighted by Gasteiger charge is 2.48. The van der Waals surface area contributed by atoms with Gasteiger partial charge in [-0.1, -0.05) is 60.7 Å². The molecular formula is C21H24O6. The summed E-state index contributed by atoms with van der Waals surface area (Å²) in [5, 5.41) is 9.69. The van der Waals surface area contributed by atoms with Gasteiger partial charge in [-0.15, -0.1) is 0 Å². The first kappa shape index (κ1) is 19.5. The fraction of sp³-hybridized carbons (Fsp3) is 0.381. The van der Waals surface area contributed by atoms with Crippen molar-refractivity contribution in [2.75, 3.05) is 6.61 Å². The maximum Gasteiger partial charge on any atom is 0.303 e. The second-order valence-electron chi connectivity index (χ2n) is 6.36. The van der Waals surface area contributed by atoms with E-state index in [1.165, 1.54) is 6.92 Å². The van der Waals surface area contributed by atoms with Gasteiger partial charge in [0.05, 0.1) is 19.8 Å². The highest BCUT2D eigenvalue weighted by molar-refractivity contribution is 5.66. The zero-order valence-corrected chi connectivity index (χ0v) is 15.2. The molecule has 0 bridgehead atoms. The minimum absolute atomic E-state index is 0.261. The molecule has 0 spiro atoms. The highest BCUT2D eigenvalue weighted by Crippen LogP contribution is 2.29. The van der Waals surface area contributed by atoms with E-state index in [4.69, 9.17) is 18.9 Å². The number of hydrogen-bond acceptors (Lipinski definition) is 6. The van der Waals surface area contributed by atoms with Gasteiger partial charge in [-0.05, 0) is 11.1 Å². The lowest BCUT2D eigenvalue weighted by atomic mass is 10.1. The van der Waals surface area contributed by atoms with Gasteiger partial charge >= 0.3 is 5.97 Å². The maximum absolute atomic E-state index is 11.6. The molecular weight excluding hydrogens is 348 g/mol. The number of benzene rings is 2. The van der Waals surface area contributed by atoms with E-state index in [0.717, 1.165) is 11.1 Å². The first-order valence-electron chi connectivity index (χ1n) is 8.92. The van der Waals surface area contributed by atoms with Crippen LogP contribution in [0, 0.1) is 0 Å². The summed E-state index contributed by atoms with van der Waals surface area (Å²) in [5.41, 5.74) is 1.95. The third kappa shape index (κ3) is 5.37. The third-order valence-electron chi connectivity index (χ3n) is 4.29. The fourth-order valence-corrected chi connectivity index (χ4v) is 3.01. The second kappa shape index (κ2) is 9.62. The minimum atomic E-state index is -0.813. The molecule has 27 heavy (non-hydrogen) atoms. The molecule has 1 aliphatic heterocycles. The van der Waals surface area contributed by atoms with Crippen molar-refractivity contribution in [2.24, 2.45) is 0 Å². The van der Waals surface area contributed by atoms with Gasteiger partial charge in [-0.2, -0.15) is 0 Å². The van der Waals surface area contributed by atoms with Crippen molar-refractivity contribution in [1.29, 1.82) is 0 Å². The lowest BCUT2D eigenvalue weighted by Gasteiger charge is -2.23. The molecule has 1 aliphatic rings. The molecule has 1 N–H and O–H groups in total. The molecule has 144 valence electrons. The summed E-state index contributed by atoms with van der Waals surface area (Å²) < 4.78 is 23.0. The summed E-state index contributed by atoms with van der Waals surface area (Å²) in [6, 6.07) is 19.3. The SMILES string of the molecule is CC(=O)O[C@H]1C(OCc2ccccc2)[C@@H](CO)O[C@H]1OCc1ccccc1. The summed E-state index contributed by atoms with van der Waals surface area (Å²) in [5.74, 6) is -0.455. The normalized spacial score (nSPS) is 24.7. The third-order valence-corrected chi connectivity index (χ3v) is 4.29. The zero-order valence-electron chi connectivity index (χ0n) is 15.2. The Balaban J connectivity index is 1.68. The Labute approximate surface area is 158 Å². The van der Waals surface area contributed by atoms with E-state index in [1.807, 2.05) is 60.7 Å². The van der Waals surface area contributed by atoms with Crippen molar-refractivity contribution in [1.82, 2.24) is 0 Å². The van der Waals surface area contributed by atoms with Gasteiger partial charge in [-0.25, -0.2) is 0 Å². The van der Waals surface area contributed by atoms with E-state index in [2.05, 4.69) is 0 Å². The van der Waals surface area contributed by atoms with Crippen LogP contribution in [-0.4, -0.2) is 42.3 Å². The van der Waals surface area contributed by atoms with Crippen LogP contribution in [-0.2, 0) is 37.0 Å².